The third-order valence-corrected chi connectivity index (χ3v) is 8.24. The van der Waals surface area contributed by atoms with E-state index in [1.165, 1.54) is 11.3 Å². The number of nitrogens with one attached hydrogen (secondary N) is 2. The first-order valence-corrected chi connectivity index (χ1v) is 12.5. The maximum Gasteiger partial charge on any atom is 0.269 e. The van der Waals surface area contributed by atoms with Gasteiger partial charge in [-0.15, -0.1) is 0 Å². The van der Waals surface area contributed by atoms with Crippen molar-refractivity contribution in [3.05, 3.63) is 63.7 Å². The molecule has 2 aromatic carbocycles. The normalized spacial score (nSPS) is 11.6. The molecule has 2 aromatic heterocycles. The Kier molecular flexibility index (Phi) is 5.54. The number of aromatic nitrogens is 2. The van der Waals surface area contributed by atoms with Crippen molar-refractivity contribution in [1.29, 1.82) is 0 Å². The van der Waals surface area contributed by atoms with Crippen molar-refractivity contribution < 1.29 is 13.2 Å². The number of sulfonamides is 1. The molecule has 2 N–H and O–H groups in total. The van der Waals surface area contributed by atoms with E-state index in [9.17, 15) is 13.2 Å². The number of hydrogen-bond acceptors (Lipinski definition) is 7. The summed E-state index contributed by atoms with van der Waals surface area (Å²) in [6.07, 6.45) is 0. The number of thiazole rings is 2. The molecule has 0 unspecified atom stereocenters. The van der Waals surface area contributed by atoms with Gasteiger partial charge in [0.05, 0.1) is 20.8 Å². The summed E-state index contributed by atoms with van der Waals surface area (Å²) in [5.74, 6) is -0.372. The Morgan fingerprint density at radius 3 is 2.35 bits per heavy atom. The van der Waals surface area contributed by atoms with Gasteiger partial charge in [0.25, 0.3) is 15.9 Å². The second kappa shape index (κ2) is 8.03. The van der Waals surface area contributed by atoms with Crippen LogP contribution in [0.3, 0.4) is 0 Å². The number of carbonyl (C=O) groups excluding carboxylic acids is 1. The highest BCUT2D eigenvalue weighted by molar-refractivity contribution is 7.93. The van der Waals surface area contributed by atoms with Crippen LogP contribution in [0.15, 0.2) is 41.3 Å². The molecular weight excluding hydrogens is 452 g/mol. The molecule has 4 aromatic rings. The third kappa shape index (κ3) is 4.46. The van der Waals surface area contributed by atoms with Crippen molar-refractivity contribution in [2.75, 3.05) is 10.0 Å². The standard InChI is InChI=1S/C21H20N4O3S3/c1-11-6-8-17(13(3)9-11)31(27,28)25-21-22-14(4)18(30-21)19(26)24-20-23-15-7-5-12(2)10-16(15)29-20/h5-10H,1-4H3,(H,22,25)(H,23,24,26). The lowest BCUT2D eigenvalue weighted by molar-refractivity contribution is 0.103. The van der Waals surface area contributed by atoms with Crippen LogP contribution in [-0.2, 0) is 10.0 Å². The molecule has 0 aliphatic heterocycles. The predicted octanol–water partition coefficient (Wildman–Crippen LogP) is 5.04. The smallest absolute Gasteiger partial charge is 0.269 e. The summed E-state index contributed by atoms with van der Waals surface area (Å²) in [6, 6.07) is 11.0. The van der Waals surface area contributed by atoms with Gasteiger partial charge in [-0.05, 0) is 57.0 Å². The molecule has 4 rings (SSSR count). The Morgan fingerprint density at radius 1 is 0.903 bits per heavy atom. The number of carbonyl (C=O) groups is 1. The molecule has 31 heavy (non-hydrogen) atoms. The van der Waals surface area contributed by atoms with Gasteiger partial charge in [0, 0.05) is 0 Å². The Hall–Kier alpha value is -2.82. The molecule has 7 nitrogen and oxygen atoms in total. The number of rotatable bonds is 5. The summed E-state index contributed by atoms with van der Waals surface area (Å²) in [5, 5.41) is 3.42. The molecule has 0 atom stereocenters. The van der Waals surface area contributed by atoms with E-state index in [-0.39, 0.29) is 15.9 Å². The fourth-order valence-corrected chi connectivity index (χ4v) is 6.44. The minimum Gasteiger partial charge on any atom is -0.297 e. The lowest BCUT2D eigenvalue weighted by atomic mass is 10.2. The first-order chi connectivity index (χ1) is 14.6. The van der Waals surface area contributed by atoms with Gasteiger partial charge in [0.1, 0.15) is 4.88 Å². The fourth-order valence-electron chi connectivity index (χ4n) is 3.16. The van der Waals surface area contributed by atoms with Crippen LogP contribution in [0, 0.1) is 27.7 Å². The number of benzene rings is 2. The minimum absolute atomic E-state index is 0.141. The van der Waals surface area contributed by atoms with E-state index >= 15 is 0 Å². The number of aryl methyl sites for hydroxylation is 4. The number of fused-ring (bicyclic) bond motifs is 1. The molecule has 160 valence electrons. The summed E-state index contributed by atoms with van der Waals surface area (Å²) in [5.41, 5.74) is 4.00. The quantitative estimate of drug-likeness (QED) is 0.424. The highest BCUT2D eigenvalue weighted by Gasteiger charge is 2.22. The molecule has 0 radical (unpaired) electrons. The molecule has 0 fully saturated rings. The molecular formula is C21H20N4O3S3. The second-order valence-electron chi connectivity index (χ2n) is 7.25. The topological polar surface area (TPSA) is 101 Å². The van der Waals surface area contributed by atoms with E-state index in [2.05, 4.69) is 20.0 Å². The van der Waals surface area contributed by atoms with Crippen LogP contribution in [0.4, 0.5) is 10.3 Å². The van der Waals surface area contributed by atoms with E-state index in [1.54, 1.807) is 32.0 Å². The van der Waals surface area contributed by atoms with Gasteiger partial charge in [-0.25, -0.2) is 18.4 Å². The van der Waals surface area contributed by atoms with Crippen LogP contribution in [0.25, 0.3) is 10.2 Å². The molecule has 0 spiro atoms. The highest BCUT2D eigenvalue weighted by Crippen LogP contribution is 2.30. The summed E-state index contributed by atoms with van der Waals surface area (Å²) < 4.78 is 29.1. The van der Waals surface area contributed by atoms with Crippen molar-refractivity contribution in [2.45, 2.75) is 32.6 Å². The van der Waals surface area contributed by atoms with Crippen LogP contribution < -0.4 is 10.0 Å². The van der Waals surface area contributed by atoms with Crippen molar-refractivity contribution in [2.24, 2.45) is 0 Å². The first kappa shape index (κ1) is 21.4. The number of nitrogens with zero attached hydrogens (tertiary/aromatic N) is 2. The van der Waals surface area contributed by atoms with Gasteiger partial charge in [-0.1, -0.05) is 46.4 Å². The van der Waals surface area contributed by atoms with E-state index in [1.807, 2.05) is 32.0 Å². The van der Waals surface area contributed by atoms with Gasteiger partial charge in [0.2, 0.25) is 0 Å². The Balaban J connectivity index is 1.55. The van der Waals surface area contributed by atoms with Crippen LogP contribution in [0.2, 0.25) is 0 Å². The zero-order chi connectivity index (χ0) is 22.3. The molecule has 0 saturated heterocycles. The Morgan fingerprint density at radius 2 is 1.61 bits per heavy atom. The minimum atomic E-state index is -3.81. The van der Waals surface area contributed by atoms with Crippen LogP contribution >= 0.6 is 22.7 Å². The van der Waals surface area contributed by atoms with Crippen LogP contribution in [0.5, 0.6) is 0 Å². The molecule has 0 bridgehead atoms. The number of hydrogen-bond donors (Lipinski definition) is 2. The van der Waals surface area contributed by atoms with Crippen molar-refractivity contribution in [3.8, 4) is 0 Å². The van der Waals surface area contributed by atoms with E-state index in [0.717, 1.165) is 32.7 Å². The fraction of sp³-hybridized carbons (Fsp3) is 0.190. The zero-order valence-corrected chi connectivity index (χ0v) is 19.8. The van der Waals surface area contributed by atoms with Crippen LogP contribution in [0.1, 0.15) is 32.1 Å². The van der Waals surface area contributed by atoms with Gasteiger partial charge in [0.15, 0.2) is 10.3 Å². The lowest BCUT2D eigenvalue weighted by Crippen LogP contribution is -2.14. The van der Waals surface area contributed by atoms with Gasteiger partial charge >= 0.3 is 0 Å². The van der Waals surface area contributed by atoms with Gasteiger partial charge < -0.3 is 0 Å². The van der Waals surface area contributed by atoms with Gasteiger partial charge in [-0.3, -0.25) is 14.8 Å². The van der Waals surface area contributed by atoms with Crippen molar-refractivity contribution >= 4 is 59.1 Å². The van der Waals surface area contributed by atoms with Crippen molar-refractivity contribution in [1.82, 2.24) is 9.97 Å². The summed E-state index contributed by atoms with van der Waals surface area (Å²) >= 11 is 2.38. The highest BCUT2D eigenvalue weighted by atomic mass is 32.2. The third-order valence-electron chi connectivity index (χ3n) is 4.61. The largest absolute Gasteiger partial charge is 0.297 e. The predicted molar refractivity (Wildman–Crippen MR) is 126 cm³/mol. The number of amides is 1. The van der Waals surface area contributed by atoms with Gasteiger partial charge in [-0.2, -0.15) is 0 Å². The average molecular weight is 473 g/mol. The first-order valence-electron chi connectivity index (χ1n) is 9.38. The maximum atomic E-state index is 12.8. The molecule has 0 aliphatic rings. The Bertz CT molecular complexity index is 1420. The SMILES string of the molecule is Cc1ccc(S(=O)(=O)Nc2nc(C)c(C(=O)Nc3nc4ccc(C)cc4s3)s2)c(C)c1. The van der Waals surface area contributed by atoms with E-state index in [0.29, 0.717) is 21.3 Å². The molecule has 10 heteroatoms. The van der Waals surface area contributed by atoms with Crippen molar-refractivity contribution in [3.63, 3.8) is 0 Å². The lowest BCUT2D eigenvalue weighted by Gasteiger charge is -2.08. The zero-order valence-electron chi connectivity index (χ0n) is 17.3. The summed E-state index contributed by atoms with van der Waals surface area (Å²) in [6.45, 7) is 7.31. The average Bonchev–Trinajstić information content (AvgIpc) is 3.22. The number of anilines is 2. The monoisotopic (exact) mass is 472 g/mol. The Labute approximate surface area is 188 Å². The summed E-state index contributed by atoms with van der Waals surface area (Å²) in [4.78, 5) is 21.9. The molecule has 2 heterocycles. The van der Waals surface area contributed by atoms with E-state index in [4.69, 9.17) is 0 Å². The molecule has 0 saturated carbocycles. The molecule has 0 aliphatic carbocycles. The second-order valence-corrected chi connectivity index (χ2v) is 10.9. The van der Waals surface area contributed by atoms with Crippen LogP contribution in [-0.4, -0.2) is 24.3 Å². The molecule has 1 amide bonds. The maximum absolute atomic E-state index is 12.8. The van der Waals surface area contributed by atoms with E-state index < -0.39 is 10.0 Å². The summed E-state index contributed by atoms with van der Waals surface area (Å²) in [7, 11) is -3.81.